The van der Waals surface area contributed by atoms with E-state index in [2.05, 4.69) is 0 Å². The molecule has 0 bridgehead atoms. The number of rotatable bonds is 4. The lowest BCUT2D eigenvalue weighted by molar-refractivity contribution is -0.146. The second-order valence-corrected chi connectivity index (χ2v) is 8.16. The molecule has 2 saturated heterocycles. The first kappa shape index (κ1) is 18.3. The van der Waals surface area contributed by atoms with Crippen molar-refractivity contribution in [2.75, 3.05) is 19.6 Å². The van der Waals surface area contributed by atoms with E-state index < -0.39 is 0 Å². The minimum Gasteiger partial charge on any atom is -0.488 e. The number of hydrogen-bond acceptors (Lipinski definition) is 3. The summed E-state index contributed by atoms with van der Waals surface area (Å²) in [7, 11) is 0. The molecule has 0 radical (unpaired) electrons. The summed E-state index contributed by atoms with van der Waals surface area (Å²) in [6.45, 7) is 2.17. The molecule has 0 aromatic heterocycles. The van der Waals surface area contributed by atoms with Crippen LogP contribution in [0, 0.1) is 5.92 Å². The Bertz CT molecular complexity index is 651. The maximum absolute atomic E-state index is 13.2. The zero-order valence-electron chi connectivity index (χ0n) is 16.0. The molecule has 4 rings (SSSR count). The minimum absolute atomic E-state index is 0.0862. The number of hydrogen-bond donors (Lipinski definition) is 0. The van der Waals surface area contributed by atoms with E-state index in [0.29, 0.717) is 13.0 Å². The van der Waals surface area contributed by atoms with E-state index >= 15 is 0 Å². The van der Waals surface area contributed by atoms with E-state index in [1.165, 1.54) is 6.42 Å². The average molecular weight is 370 g/mol. The molecule has 0 unspecified atom stereocenters. The second kappa shape index (κ2) is 8.32. The summed E-state index contributed by atoms with van der Waals surface area (Å²) in [5.74, 6) is 1.19. The first-order valence-electron chi connectivity index (χ1n) is 10.5. The van der Waals surface area contributed by atoms with Crippen molar-refractivity contribution >= 4 is 11.8 Å². The maximum atomic E-state index is 13.2. The van der Waals surface area contributed by atoms with Crippen molar-refractivity contribution in [1.29, 1.82) is 0 Å². The topological polar surface area (TPSA) is 49.9 Å². The van der Waals surface area contributed by atoms with Crippen LogP contribution in [0.15, 0.2) is 30.3 Å². The predicted molar refractivity (Wildman–Crippen MR) is 103 cm³/mol. The highest BCUT2D eigenvalue weighted by atomic mass is 16.5. The van der Waals surface area contributed by atoms with E-state index in [1.807, 2.05) is 40.1 Å². The quantitative estimate of drug-likeness (QED) is 0.818. The molecular formula is C22H30N2O3. The molecule has 5 heteroatoms. The largest absolute Gasteiger partial charge is 0.488 e. The number of carbonyl (C=O) groups is 2. The smallest absolute Gasteiger partial charge is 0.245 e. The molecule has 2 aliphatic heterocycles. The van der Waals surface area contributed by atoms with Crippen LogP contribution in [0.2, 0.25) is 0 Å². The number of carbonyl (C=O) groups excluding carboxylic acids is 2. The molecule has 5 nitrogen and oxygen atoms in total. The molecule has 146 valence electrons. The van der Waals surface area contributed by atoms with Crippen LogP contribution in [0.4, 0.5) is 0 Å². The number of likely N-dealkylation sites (tertiary alicyclic amines) is 2. The lowest BCUT2D eigenvalue weighted by Crippen LogP contribution is -2.48. The SMILES string of the molecule is O=C([C@@H]1C[C@H](Oc2ccccc2)CN1C(=O)C1CCCCC1)N1CCCC1. The third kappa shape index (κ3) is 4.12. The van der Waals surface area contributed by atoms with Crippen molar-refractivity contribution in [2.45, 2.75) is 63.5 Å². The van der Waals surface area contributed by atoms with Crippen LogP contribution in [0.1, 0.15) is 51.4 Å². The summed E-state index contributed by atoms with van der Waals surface area (Å²) in [6.07, 6.45) is 8.02. The Kier molecular flexibility index (Phi) is 5.65. The lowest BCUT2D eigenvalue weighted by atomic mass is 9.88. The van der Waals surface area contributed by atoms with Crippen molar-refractivity contribution in [3.63, 3.8) is 0 Å². The number of nitrogens with zero attached hydrogens (tertiary/aromatic N) is 2. The minimum atomic E-state index is -0.355. The van der Waals surface area contributed by atoms with Crippen molar-refractivity contribution < 1.29 is 14.3 Å². The fraction of sp³-hybridized carbons (Fsp3) is 0.636. The van der Waals surface area contributed by atoms with Gasteiger partial charge in [0.1, 0.15) is 17.9 Å². The third-order valence-corrected chi connectivity index (χ3v) is 6.25. The number of ether oxygens (including phenoxy) is 1. The average Bonchev–Trinajstić information content (AvgIpc) is 3.39. The Morgan fingerprint density at radius 3 is 2.30 bits per heavy atom. The van der Waals surface area contributed by atoms with E-state index in [9.17, 15) is 9.59 Å². The Labute approximate surface area is 161 Å². The van der Waals surface area contributed by atoms with Gasteiger partial charge in [0, 0.05) is 25.4 Å². The number of benzene rings is 1. The van der Waals surface area contributed by atoms with Gasteiger partial charge in [0.05, 0.1) is 6.54 Å². The van der Waals surface area contributed by atoms with E-state index in [-0.39, 0.29) is 29.9 Å². The van der Waals surface area contributed by atoms with Gasteiger partial charge in [-0.05, 0) is 37.8 Å². The summed E-state index contributed by atoms with van der Waals surface area (Å²) < 4.78 is 6.12. The van der Waals surface area contributed by atoms with E-state index in [0.717, 1.165) is 57.4 Å². The van der Waals surface area contributed by atoms with Crippen LogP contribution in [0.3, 0.4) is 0 Å². The van der Waals surface area contributed by atoms with Gasteiger partial charge < -0.3 is 14.5 Å². The summed E-state index contributed by atoms with van der Waals surface area (Å²) in [4.78, 5) is 30.1. The van der Waals surface area contributed by atoms with Crippen LogP contribution < -0.4 is 4.74 Å². The molecule has 3 aliphatic rings. The number of amides is 2. The van der Waals surface area contributed by atoms with Gasteiger partial charge in [-0.3, -0.25) is 9.59 Å². The van der Waals surface area contributed by atoms with Gasteiger partial charge in [-0.15, -0.1) is 0 Å². The van der Waals surface area contributed by atoms with Gasteiger partial charge >= 0.3 is 0 Å². The number of para-hydroxylation sites is 1. The zero-order valence-corrected chi connectivity index (χ0v) is 16.0. The monoisotopic (exact) mass is 370 g/mol. The Balaban J connectivity index is 1.49. The van der Waals surface area contributed by atoms with Gasteiger partial charge in [0.25, 0.3) is 0 Å². The van der Waals surface area contributed by atoms with Crippen molar-refractivity contribution in [3.8, 4) is 5.75 Å². The third-order valence-electron chi connectivity index (χ3n) is 6.25. The summed E-state index contributed by atoms with van der Waals surface area (Å²) in [6, 6.07) is 9.36. The highest BCUT2D eigenvalue weighted by molar-refractivity contribution is 5.89. The van der Waals surface area contributed by atoms with E-state index in [4.69, 9.17) is 4.74 Å². The highest BCUT2D eigenvalue weighted by Crippen LogP contribution is 2.31. The molecule has 1 aromatic carbocycles. The maximum Gasteiger partial charge on any atom is 0.245 e. The Morgan fingerprint density at radius 1 is 0.889 bits per heavy atom. The normalized spacial score (nSPS) is 26.4. The molecule has 1 aromatic rings. The molecule has 3 fully saturated rings. The molecule has 27 heavy (non-hydrogen) atoms. The van der Waals surface area contributed by atoms with Gasteiger partial charge in [-0.2, -0.15) is 0 Å². The standard InChI is InChI=1S/C22H30N2O3/c25-21(17-9-3-1-4-10-17)24-16-19(27-18-11-5-2-6-12-18)15-20(24)22(26)23-13-7-8-14-23/h2,5-6,11-12,17,19-20H,1,3-4,7-10,13-16H2/t19-,20-/m0/s1. The van der Waals surface area contributed by atoms with Crippen LogP contribution in [0.5, 0.6) is 5.75 Å². The van der Waals surface area contributed by atoms with Crippen LogP contribution in [-0.2, 0) is 9.59 Å². The van der Waals surface area contributed by atoms with Gasteiger partial charge in [-0.25, -0.2) is 0 Å². The van der Waals surface area contributed by atoms with Gasteiger partial charge in [-0.1, -0.05) is 37.5 Å². The van der Waals surface area contributed by atoms with Gasteiger partial charge in [0.2, 0.25) is 11.8 Å². The lowest BCUT2D eigenvalue weighted by Gasteiger charge is -2.31. The molecule has 0 N–H and O–H groups in total. The summed E-state index contributed by atoms with van der Waals surface area (Å²) in [5, 5.41) is 0. The molecule has 2 heterocycles. The Hall–Kier alpha value is -2.04. The molecule has 1 saturated carbocycles. The van der Waals surface area contributed by atoms with Crippen molar-refractivity contribution in [3.05, 3.63) is 30.3 Å². The summed E-state index contributed by atoms with van der Waals surface area (Å²) >= 11 is 0. The highest BCUT2D eigenvalue weighted by Gasteiger charge is 2.44. The fourth-order valence-electron chi connectivity index (χ4n) is 4.78. The first-order chi connectivity index (χ1) is 13.2. The van der Waals surface area contributed by atoms with Crippen molar-refractivity contribution in [2.24, 2.45) is 5.92 Å². The first-order valence-corrected chi connectivity index (χ1v) is 10.5. The van der Waals surface area contributed by atoms with Gasteiger partial charge in [0.15, 0.2) is 0 Å². The second-order valence-electron chi connectivity index (χ2n) is 8.16. The predicted octanol–water partition coefficient (Wildman–Crippen LogP) is 3.24. The van der Waals surface area contributed by atoms with Crippen LogP contribution in [0.25, 0.3) is 0 Å². The molecule has 2 atom stereocenters. The molecule has 2 amide bonds. The molecule has 0 spiro atoms. The molecular weight excluding hydrogens is 340 g/mol. The summed E-state index contributed by atoms with van der Waals surface area (Å²) in [5.41, 5.74) is 0. The zero-order chi connectivity index (χ0) is 18.6. The van der Waals surface area contributed by atoms with Crippen molar-refractivity contribution in [1.82, 2.24) is 9.80 Å². The van der Waals surface area contributed by atoms with E-state index in [1.54, 1.807) is 0 Å². The molecule has 1 aliphatic carbocycles. The fourth-order valence-corrected chi connectivity index (χ4v) is 4.78. The Morgan fingerprint density at radius 2 is 1.59 bits per heavy atom. The van der Waals surface area contributed by atoms with Crippen LogP contribution >= 0.6 is 0 Å². The van der Waals surface area contributed by atoms with Crippen LogP contribution in [-0.4, -0.2) is 53.4 Å².